The molecule has 2 aromatic carbocycles. The zero-order valence-electron chi connectivity index (χ0n) is 9.88. The van der Waals surface area contributed by atoms with Crippen LogP contribution in [0.25, 0.3) is 0 Å². The van der Waals surface area contributed by atoms with Gasteiger partial charge in [0.25, 0.3) is 5.91 Å². The van der Waals surface area contributed by atoms with Gasteiger partial charge >= 0.3 is 0 Å². The molecular weight excluding hydrogens is 386 g/mol. The Balaban J connectivity index is 2.30. The van der Waals surface area contributed by atoms with Crippen LogP contribution in [0.15, 0.2) is 34.8 Å². The lowest BCUT2D eigenvalue weighted by atomic mass is 10.2. The molecule has 0 spiro atoms. The fourth-order valence-corrected chi connectivity index (χ4v) is 2.62. The van der Waals surface area contributed by atoms with E-state index in [9.17, 15) is 4.79 Å². The standard InChI is InChI=1S/C13H8BrCl3N2O/c14-8-3-4-10(12(17)11(8)16)19-13(20)7-2-1-6(18)5-9(7)15/h1-5H,18H2,(H,19,20). The van der Waals surface area contributed by atoms with Crippen LogP contribution in [0.4, 0.5) is 11.4 Å². The highest BCUT2D eigenvalue weighted by molar-refractivity contribution is 9.10. The number of carbonyl (C=O) groups is 1. The summed E-state index contributed by atoms with van der Waals surface area (Å²) in [5, 5.41) is 3.50. The molecule has 0 heterocycles. The third kappa shape index (κ3) is 3.20. The molecule has 0 radical (unpaired) electrons. The van der Waals surface area contributed by atoms with Crippen LogP contribution in [-0.2, 0) is 0 Å². The van der Waals surface area contributed by atoms with Crippen LogP contribution in [0.3, 0.4) is 0 Å². The minimum atomic E-state index is -0.393. The minimum Gasteiger partial charge on any atom is -0.399 e. The van der Waals surface area contributed by atoms with Crippen molar-refractivity contribution in [2.45, 2.75) is 0 Å². The Bertz CT molecular complexity index is 692. The molecule has 0 atom stereocenters. The average Bonchev–Trinajstić information content (AvgIpc) is 2.39. The summed E-state index contributed by atoms with van der Waals surface area (Å²) in [6, 6.07) is 7.97. The first kappa shape index (κ1) is 15.4. The summed E-state index contributed by atoms with van der Waals surface area (Å²) in [5.41, 5.74) is 6.77. The first-order chi connectivity index (χ1) is 9.40. The second-order valence-corrected chi connectivity index (χ2v) is 5.93. The number of rotatable bonds is 2. The largest absolute Gasteiger partial charge is 0.399 e. The summed E-state index contributed by atoms with van der Waals surface area (Å²) in [6.07, 6.45) is 0. The van der Waals surface area contributed by atoms with Crippen molar-refractivity contribution in [3.05, 3.63) is 55.4 Å². The molecule has 0 saturated carbocycles. The topological polar surface area (TPSA) is 55.1 Å². The van der Waals surface area contributed by atoms with E-state index >= 15 is 0 Å². The Morgan fingerprint density at radius 3 is 2.45 bits per heavy atom. The zero-order valence-corrected chi connectivity index (χ0v) is 13.7. The number of nitrogens with one attached hydrogen (secondary N) is 1. The Morgan fingerprint density at radius 1 is 1.10 bits per heavy atom. The van der Waals surface area contributed by atoms with Gasteiger partial charge in [-0.1, -0.05) is 34.8 Å². The summed E-state index contributed by atoms with van der Waals surface area (Å²) in [5.74, 6) is -0.393. The van der Waals surface area contributed by atoms with Crippen LogP contribution in [0.2, 0.25) is 15.1 Å². The molecule has 0 aromatic heterocycles. The Kier molecular flexibility index (Phi) is 4.81. The molecule has 104 valence electrons. The molecule has 0 unspecified atom stereocenters. The van der Waals surface area contributed by atoms with Crippen molar-refractivity contribution >= 4 is 68.0 Å². The molecule has 2 aromatic rings. The van der Waals surface area contributed by atoms with E-state index in [1.165, 1.54) is 6.07 Å². The van der Waals surface area contributed by atoms with E-state index < -0.39 is 5.91 Å². The summed E-state index contributed by atoms with van der Waals surface area (Å²) in [6.45, 7) is 0. The first-order valence-corrected chi connectivity index (χ1v) is 7.32. The fourth-order valence-electron chi connectivity index (χ4n) is 1.53. The Morgan fingerprint density at radius 2 is 1.80 bits per heavy atom. The smallest absolute Gasteiger partial charge is 0.257 e. The fraction of sp³-hybridized carbons (Fsp3) is 0. The van der Waals surface area contributed by atoms with E-state index in [2.05, 4.69) is 21.2 Å². The van der Waals surface area contributed by atoms with Gasteiger partial charge < -0.3 is 11.1 Å². The highest BCUT2D eigenvalue weighted by Crippen LogP contribution is 2.36. The molecular formula is C13H8BrCl3N2O. The molecule has 0 aliphatic carbocycles. The molecule has 0 saturated heterocycles. The zero-order chi connectivity index (χ0) is 14.9. The molecule has 0 aliphatic rings. The Hall–Kier alpha value is -0.940. The van der Waals surface area contributed by atoms with E-state index in [4.69, 9.17) is 40.5 Å². The summed E-state index contributed by atoms with van der Waals surface area (Å²) in [7, 11) is 0. The number of halogens is 4. The van der Waals surface area contributed by atoms with Crippen LogP contribution in [0.1, 0.15) is 10.4 Å². The second-order valence-electron chi connectivity index (χ2n) is 3.92. The van der Waals surface area contributed by atoms with Crippen molar-refractivity contribution in [3.8, 4) is 0 Å². The molecule has 3 nitrogen and oxygen atoms in total. The van der Waals surface area contributed by atoms with Crippen LogP contribution in [0.5, 0.6) is 0 Å². The van der Waals surface area contributed by atoms with E-state index in [1.807, 2.05) is 0 Å². The number of nitrogens with two attached hydrogens (primary N) is 1. The Labute approximate surface area is 139 Å². The lowest BCUT2D eigenvalue weighted by molar-refractivity contribution is 0.102. The van der Waals surface area contributed by atoms with Gasteiger partial charge in [0.2, 0.25) is 0 Å². The van der Waals surface area contributed by atoms with Crippen molar-refractivity contribution in [1.82, 2.24) is 0 Å². The number of amides is 1. The van der Waals surface area contributed by atoms with Gasteiger partial charge in [-0.3, -0.25) is 4.79 Å². The van der Waals surface area contributed by atoms with E-state index in [0.29, 0.717) is 26.4 Å². The van der Waals surface area contributed by atoms with Crippen molar-refractivity contribution in [2.75, 3.05) is 11.1 Å². The SMILES string of the molecule is Nc1ccc(C(=O)Nc2ccc(Br)c(Cl)c2Cl)c(Cl)c1. The molecule has 0 bridgehead atoms. The highest BCUT2D eigenvalue weighted by atomic mass is 79.9. The third-order valence-corrected chi connectivity index (χ3v) is 4.60. The number of nitrogen functional groups attached to an aromatic ring is 1. The van der Waals surface area contributed by atoms with E-state index in [-0.39, 0.29) is 10.0 Å². The maximum absolute atomic E-state index is 12.1. The van der Waals surface area contributed by atoms with Crippen LogP contribution in [-0.4, -0.2) is 5.91 Å². The van der Waals surface area contributed by atoms with Crippen LogP contribution >= 0.6 is 50.7 Å². The summed E-state index contributed by atoms with van der Waals surface area (Å²) >= 11 is 21.3. The first-order valence-electron chi connectivity index (χ1n) is 5.40. The van der Waals surface area contributed by atoms with Crippen molar-refractivity contribution < 1.29 is 4.79 Å². The number of hydrogen-bond donors (Lipinski definition) is 2. The lowest BCUT2D eigenvalue weighted by Crippen LogP contribution is -2.13. The number of carbonyl (C=O) groups excluding carboxylic acids is 1. The monoisotopic (exact) mass is 392 g/mol. The maximum atomic E-state index is 12.1. The van der Waals surface area contributed by atoms with Crippen LogP contribution in [0, 0.1) is 0 Å². The van der Waals surface area contributed by atoms with Crippen molar-refractivity contribution in [1.29, 1.82) is 0 Å². The molecule has 0 aliphatic heterocycles. The quantitative estimate of drug-likeness (QED) is 0.540. The number of benzene rings is 2. The predicted molar refractivity (Wildman–Crippen MR) is 88.0 cm³/mol. The average molecular weight is 394 g/mol. The van der Waals surface area contributed by atoms with Gasteiger partial charge in [0.05, 0.1) is 26.3 Å². The van der Waals surface area contributed by atoms with Gasteiger partial charge in [-0.05, 0) is 46.3 Å². The molecule has 3 N–H and O–H groups in total. The number of anilines is 2. The normalized spacial score (nSPS) is 10.4. The molecule has 0 fully saturated rings. The van der Waals surface area contributed by atoms with Gasteiger partial charge in [0.1, 0.15) is 0 Å². The van der Waals surface area contributed by atoms with Crippen molar-refractivity contribution in [2.24, 2.45) is 0 Å². The van der Waals surface area contributed by atoms with Gasteiger partial charge in [0, 0.05) is 10.2 Å². The summed E-state index contributed by atoms with van der Waals surface area (Å²) < 4.78 is 0.646. The minimum absolute atomic E-state index is 0.251. The van der Waals surface area contributed by atoms with Gasteiger partial charge in [-0.25, -0.2) is 0 Å². The second kappa shape index (κ2) is 6.22. The molecule has 20 heavy (non-hydrogen) atoms. The summed E-state index contributed by atoms with van der Waals surface area (Å²) in [4.78, 5) is 12.1. The highest BCUT2D eigenvalue weighted by Gasteiger charge is 2.14. The van der Waals surface area contributed by atoms with Gasteiger partial charge in [-0.2, -0.15) is 0 Å². The van der Waals surface area contributed by atoms with Crippen LogP contribution < -0.4 is 11.1 Å². The predicted octanol–water partition coefficient (Wildman–Crippen LogP) is 5.24. The van der Waals surface area contributed by atoms with Crippen molar-refractivity contribution in [3.63, 3.8) is 0 Å². The molecule has 1 amide bonds. The number of hydrogen-bond acceptors (Lipinski definition) is 2. The lowest BCUT2D eigenvalue weighted by Gasteiger charge is -2.10. The van der Waals surface area contributed by atoms with Gasteiger partial charge in [-0.15, -0.1) is 0 Å². The van der Waals surface area contributed by atoms with E-state index in [1.54, 1.807) is 24.3 Å². The third-order valence-electron chi connectivity index (χ3n) is 2.52. The molecule has 2 rings (SSSR count). The maximum Gasteiger partial charge on any atom is 0.257 e. The van der Waals surface area contributed by atoms with Gasteiger partial charge in [0.15, 0.2) is 0 Å². The molecule has 7 heteroatoms. The van der Waals surface area contributed by atoms with E-state index in [0.717, 1.165) is 0 Å².